The molecule has 2 rings (SSSR count). The quantitative estimate of drug-likeness (QED) is 0.503. The van der Waals surface area contributed by atoms with Crippen molar-refractivity contribution >= 4 is 11.6 Å². The molecule has 1 fully saturated rings. The first-order chi connectivity index (χ1) is 7.48. The lowest BCUT2D eigenvalue weighted by molar-refractivity contribution is -0.139. The highest BCUT2D eigenvalue weighted by molar-refractivity contribution is 6.03. The Morgan fingerprint density at radius 3 is 2.75 bits per heavy atom. The maximum absolute atomic E-state index is 12.0. The maximum atomic E-state index is 12.0. The Morgan fingerprint density at radius 2 is 2.12 bits per heavy atom. The zero-order chi connectivity index (χ0) is 11.9. The molecule has 88 valence electrons. The molecule has 1 saturated carbocycles. The topological polar surface area (TPSA) is 34.1 Å². The van der Waals surface area contributed by atoms with Crippen LogP contribution >= 0.6 is 0 Å². The van der Waals surface area contributed by atoms with Crippen LogP contribution in [0, 0.1) is 17.3 Å². The summed E-state index contributed by atoms with van der Waals surface area (Å²) in [6.45, 7) is 5.87. The lowest BCUT2D eigenvalue weighted by Gasteiger charge is -2.48. The molecule has 0 aromatic rings. The summed E-state index contributed by atoms with van der Waals surface area (Å²) in [5.41, 5.74) is 1.16. The fourth-order valence-corrected chi connectivity index (χ4v) is 3.57. The monoisotopic (exact) mass is 220 g/mol. The SMILES string of the molecule is CC(=O)[C@H]1C(=O)CCC2=CCC[C@H](C)[C@]21C. The lowest BCUT2D eigenvalue weighted by Crippen LogP contribution is -2.48. The number of hydrogen-bond acceptors (Lipinski definition) is 2. The minimum atomic E-state index is -0.386. The second-order valence-electron chi connectivity index (χ2n) is 5.50. The third-order valence-corrected chi connectivity index (χ3v) is 4.67. The van der Waals surface area contributed by atoms with Gasteiger partial charge in [0.1, 0.15) is 11.6 Å². The van der Waals surface area contributed by atoms with Gasteiger partial charge in [-0.2, -0.15) is 0 Å². The highest BCUT2D eigenvalue weighted by Crippen LogP contribution is 2.52. The largest absolute Gasteiger partial charge is 0.299 e. The van der Waals surface area contributed by atoms with E-state index in [1.807, 2.05) is 0 Å². The summed E-state index contributed by atoms with van der Waals surface area (Å²) < 4.78 is 0. The summed E-state index contributed by atoms with van der Waals surface area (Å²) in [5.74, 6) is 0.251. The van der Waals surface area contributed by atoms with E-state index in [0.29, 0.717) is 12.3 Å². The summed E-state index contributed by atoms with van der Waals surface area (Å²) in [7, 11) is 0. The molecular formula is C14H20O2. The van der Waals surface area contributed by atoms with Gasteiger partial charge in [-0.15, -0.1) is 0 Å². The molecule has 16 heavy (non-hydrogen) atoms. The summed E-state index contributed by atoms with van der Waals surface area (Å²) in [5, 5.41) is 0. The van der Waals surface area contributed by atoms with Crippen LogP contribution in [-0.2, 0) is 9.59 Å². The van der Waals surface area contributed by atoms with Crippen LogP contribution in [-0.4, -0.2) is 11.6 Å². The number of ketones is 2. The molecule has 0 radical (unpaired) electrons. The first-order valence-electron chi connectivity index (χ1n) is 6.20. The van der Waals surface area contributed by atoms with Crippen LogP contribution in [0.15, 0.2) is 11.6 Å². The van der Waals surface area contributed by atoms with Crippen LogP contribution in [0.3, 0.4) is 0 Å². The molecule has 3 atom stereocenters. The number of carbonyl (C=O) groups is 2. The van der Waals surface area contributed by atoms with E-state index in [9.17, 15) is 9.59 Å². The van der Waals surface area contributed by atoms with E-state index >= 15 is 0 Å². The average Bonchev–Trinajstić information content (AvgIpc) is 2.19. The van der Waals surface area contributed by atoms with Crippen molar-refractivity contribution in [1.29, 1.82) is 0 Å². The van der Waals surface area contributed by atoms with Gasteiger partial charge >= 0.3 is 0 Å². The van der Waals surface area contributed by atoms with Gasteiger partial charge in [0.25, 0.3) is 0 Å². The Labute approximate surface area is 97.1 Å². The average molecular weight is 220 g/mol. The Hall–Kier alpha value is -0.920. The van der Waals surface area contributed by atoms with Crippen molar-refractivity contribution in [1.82, 2.24) is 0 Å². The molecule has 0 bridgehead atoms. The van der Waals surface area contributed by atoms with Crippen LogP contribution in [0.5, 0.6) is 0 Å². The normalized spacial score (nSPS) is 38.9. The van der Waals surface area contributed by atoms with E-state index in [1.54, 1.807) is 6.92 Å². The molecular weight excluding hydrogens is 200 g/mol. The van der Waals surface area contributed by atoms with Crippen LogP contribution in [0.2, 0.25) is 0 Å². The van der Waals surface area contributed by atoms with Gasteiger partial charge in [0.15, 0.2) is 0 Å². The molecule has 0 unspecified atom stereocenters. The van der Waals surface area contributed by atoms with Gasteiger partial charge in [-0.25, -0.2) is 0 Å². The first kappa shape index (κ1) is 11.6. The molecule has 0 saturated heterocycles. The van der Waals surface area contributed by atoms with Gasteiger partial charge in [-0.05, 0) is 32.1 Å². The summed E-state index contributed by atoms with van der Waals surface area (Å²) >= 11 is 0. The predicted molar refractivity (Wildman–Crippen MR) is 63.0 cm³/mol. The van der Waals surface area contributed by atoms with Crippen LogP contribution in [0.25, 0.3) is 0 Å². The van der Waals surface area contributed by atoms with E-state index in [4.69, 9.17) is 0 Å². The first-order valence-corrected chi connectivity index (χ1v) is 6.20. The number of hydrogen-bond donors (Lipinski definition) is 0. The zero-order valence-electron chi connectivity index (χ0n) is 10.4. The molecule has 0 spiro atoms. The van der Waals surface area contributed by atoms with Crippen molar-refractivity contribution in [2.75, 3.05) is 0 Å². The van der Waals surface area contributed by atoms with Gasteiger partial charge < -0.3 is 0 Å². The summed E-state index contributed by atoms with van der Waals surface area (Å²) in [6, 6.07) is 0. The molecule has 0 heterocycles. The molecule has 2 aliphatic rings. The number of Topliss-reactive ketones (excluding diaryl/α,β-unsaturated/α-hetero) is 2. The van der Waals surface area contributed by atoms with Crippen molar-refractivity contribution < 1.29 is 9.59 Å². The Morgan fingerprint density at radius 1 is 1.44 bits per heavy atom. The summed E-state index contributed by atoms with van der Waals surface area (Å²) in [6.07, 6.45) is 5.88. The minimum absolute atomic E-state index is 0.0480. The van der Waals surface area contributed by atoms with Gasteiger partial charge in [-0.1, -0.05) is 25.5 Å². The maximum Gasteiger partial charge on any atom is 0.144 e. The lowest BCUT2D eigenvalue weighted by atomic mass is 9.54. The van der Waals surface area contributed by atoms with Crippen molar-refractivity contribution in [2.45, 2.75) is 46.5 Å². The van der Waals surface area contributed by atoms with E-state index < -0.39 is 0 Å². The van der Waals surface area contributed by atoms with E-state index in [-0.39, 0.29) is 22.9 Å². The van der Waals surface area contributed by atoms with Crippen molar-refractivity contribution in [2.24, 2.45) is 17.3 Å². The highest BCUT2D eigenvalue weighted by atomic mass is 16.1. The molecule has 0 aromatic heterocycles. The smallest absolute Gasteiger partial charge is 0.144 e. The molecule has 2 aliphatic carbocycles. The molecule has 0 aromatic carbocycles. The zero-order valence-corrected chi connectivity index (χ0v) is 10.4. The Bertz CT molecular complexity index is 367. The molecule has 2 nitrogen and oxygen atoms in total. The third kappa shape index (κ3) is 1.47. The Kier molecular flexibility index (Phi) is 2.77. The van der Waals surface area contributed by atoms with Gasteiger partial charge in [-0.3, -0.25) is 9.59 Å². The van der Waals surface area contributed by atoms with Gasteiger partial charge in [0.05, 0.1) is 5.92 Å². The van der Waals surface area contributed by atoms with Crippen molar-refractivity contribution in [3.8, 4) is 0 Å². The second-order valence-corrected chi connectivity index (χ2v) is 5.50. The van der Waals surface area contributed by atoms with Gasteiger partial charge in [0.2, 0.25) is 0 Å². The van der Waals surface area contributed by atoms with Crippen molar-refractivity contribution in [3.05, 3.63) is 11.6 Å². The van der Waals surface area contributed by atoms with Crippen LogP contribution in [0.4, 0.5) is 0 Å². The van der Waals surface area contributed by atoms with Crippen LogP contribution < -0.4 is 0 Å². The predicted octanol–water partition coefficient (Wildman–Crippen LogP) is 2.92. The number of rotatable bonds is 1. The fourth-order valence-electron chi connectivity index (χ4n) is 3.57. The van der Waals surface area contributed by atoms with E-state index in [2.05, 4.69) is 19.9 Å². The number of fused-ring (bicyclic) bond motifs is 1. The van der Waals surface area contributed by atoms with Crippen molar-refractivity contribution in [3.63, 3.8) is 0 Å². The van der Waals surface area contributed by atoms with E-state index in [0.717, 1.165) is 19.3 Å². The minimum Gasteiger partial charge on any atom is -0.299 e. The molecule has 0 N–H and O–H groups in total. The number of allylic oxidation sites excluding steroid dienone is 2. The van der Waals surface area contributed by atoms with E-state index in [1.165, 1.54) is 5.57 Å². The fraction of sp³-hybridized carbons (Fsp3) is 0.714. The molecule has 2 heteroatoms. The second kappa shape index (κ2) is 3.83. The summed E-state index contributed by atoms with van der Waals surface area (Å²) in [4.78, 5) is 23.8. The number of carbonyl (C=O) groups excluding carboxylic acids is 2. The Balaban J connectivity index is 2.48. The molecule has 0 aliphatic heterocycles. The molecule has 0 amide bonds. The van der Waals surface area contributed by atoms with Gasteiger partial charge in [0, 0.05) is 11.8 Å². The van der Waals surface area contributed by atoms with Crippen LogP contribution in [0.1, 0.15) is 46.5 Å². The third-order valence-electron chi connectivity index (χ3n) is 4.67. The highest BCUT2D eigenvalue weighted by Gasteiger charge is 2.50. The standard InChI is InChI=1S/C14H20O2/c1-9-5-4-6-11-7-8-12(16)13(10(2)15)14(9,11)3/h6,9,13H,4-5,7-8H2,1-3H3/t9-,13-,14+/m0/s1.